The number of ether oxygens (including phenoxy) is 1. The number of hydrogen-bond acceptors (Lipinski definition) is 3. The largest absolute Gasteiger partial charge is 0.378 e. The first-order valence-electron chi connectivity index (χ1n) is 9.12. The molecule has 2 N–H and O–H groups in total. The quantitative estimate of drug-likeness (QED) is 0.865. The van der Waals surface area contributed by atoms with Crippen LogP contribution < -0.4 is 5.73 Å². The molecule has 2 saturated carbocycles. The van der Waals surface area contributed by atoms with Crippen molar-refractivity contribution in [2.45, 2.75) is 83.4 Å². The van der Waals surface area contributed by atoms with Crippen molar-refractivity contribution in [3.8, 4) is 0 Å². The first-order valence-corrected chi connectivity index (χ1v) is 9.12. The van der Waals surface area contributed by atoms with Crippen LogP contribution >= 0.6 is 0 Å². The van der Waals surface area contributed by atoms with Crippen molar-refractivity contribution in [3.05, 3.63) is 0 Å². The van der Waals surface area contributed by atoms with Crippen molar-refractivity contribution in [1.82, 2.24) is 4.90 Å². The van der Waals surface area contributed by atoms with Gasteiger partial charge in [-0.2, -0.15) is 0 Å². The zero-order valence-corrected chi connectivity index (χ0v) is 14.2. The Morgan fingerprint density at radius 2 is 1.86 bits per heavy atom. The van der Waals surface area contributed by atoms with Gasteiger partial charge in [-0.1, -0.05) is 26.7 Å². The van der Waals surface area contributed by atoms with Gasteiger partial charge in [0, 0.05) is 30.1 Å². The Morgan fingerprint density at radius 3 is 2.57 bits per heavy atom. The van der Waals surface area contributed by atoms with Crippen LogP contribution in [0.5, 0.6) is 0 Å². The highest BCUT2D eigenvalue weighted by Gasteiger charge is 2.59. The van der Waals surface area contributed by atoms with Crippen LogP contribution in [0.15, 0.2) is 0 Å². The number of likely N-dealkylation sites (tertiary alicyclic amines) is 1. The maximum atomic E-state index is 6.83. The van der Waals surface area contributed by atoms with Crippen LogP contribution in [0.1, 0.15) is 65.7 Å². The van der Waals surface area contributed by atoms with Gasteiger partial charge in [0.1, 0.15) is 0 Å². The van der Waals surface area contributed by atoms with Crippen LogP contribution in [-0.4, -0.2) is 42.3 Å². The van der Waals surface area contributed by atoms with Crippen LogP contribution in [0.25, 0.3) is 0 Å². The van der Waals surface area contributed by atoms with Gasteiger partial charge >= 0.3 is 0 Å². The van der Waals surface area contributed by atoms with Gasteiger partial charge in [0.25, 0.3) is 0 Å². The van der Waals surface area contributed by atoms with Crippen LogP contribution in [0, 0.1) is 11.3 Å². The zero-order chi connectivity index (χ0) is 15.1. The van der Waals surface area contributed by atoms with E-state index in [9.17, 15) is 0 Å². The standard InChI is InChI=1S/C18H34N2O/c1-4-21-16-12-18(19,17(16,2)3)13-20-11-7-9-14-8-5-6-10-15(14)20/h14-16H,4-13,19H2,1-3H3/t14-,15-,16?,18?/m1/s1. The minimum Gasteiger partial charge on any atom is -0.378 e. The van der Waals surface area contributed by atoms with Crippen molar-refractivity contribution in [3.63, 3.8) is 0 Å². The average molecular weight is 294 g/mol. The topological polar surface area (TPSA) is 38.5 Å². The smallest absolute Gasteiger partial charge is 0.0662 e. The summed E-state index contributed by atoms with van der Waals surface area (Å²) < 4.78 is 5.89. The summed E-state index contributed by atoms with van der Waals surface area (Å²) in [7, 11) is 0. The third kappa shape index (κ3) is 2.66. The normalized spacial score (nSPS) is 43.1. The van der Waals surface area contributed by atoms with E-state index < -0.39 is 0 Å². The van der Waals surface area contributed by atoms with E-state index in [1.165, 1.54) is 45.1 Å². The lowest BCUT2D eigenvalue weighted by atomic mass is 9.54. The van der Waals surface area contributed by atoms with E-state index in [0.29, 0.717) is 6.10 Å². The molecule has 0 bridgehead atoms. The highest BCUT2D eigenvalue weighted by Crippen LogP contribution is 2.51. The monoisotopic (exact) mass is 294 g/mol. The van der Waals surface area contributed by atoms with Gasteiger partial charge < -0.3 is 10.5 Å². The SMILES string of the molecule is CCOC1CC(N)(CN2CCC[C@H]3CCCC[C@H]32)C1(C)C. The van der Waals surface area contributed by atoms with Gasteiger partial charge in [-0.25, -0.2) is 0 Å². The molecule has 2 unspecified atom stereocenters. The predicted molar refractivity (Wildman–Crippen MR) is 87.3 cm³/mol. The molecule has 1 heterocycles. The molecule has 0 aromatic rings. The van der Waals surface area contributed by atoms with Crippen LogP contribution in [0.4, 0.5) is 0 Å². The van der Waals surface area contributed by atoms with E-state index in [1.807, 2.05) is 0 Å². The minimum atomic E-state index is -0.0633. The molecule has 0 aromatic carbocycles. The van der Waals surface area contributed by atoms with E-state index in [1.54, 1.807) is 0 Å². The number of nitrogens with two attached hydrogens (primary N) is 1. The highest BCUT2D eigenvalue weighted by atomic mass is 16.5. The second kappa shape index (κ2) is 5.82. The number of hydrogen-bond donors (Lipinski definition) is 1. The predicted octanol–water partition coefficient (Wildman–Crippen LogP) is 3.17. The first kappa shape index (κ1) is 15.8. The minimum absolute atomic E-state index is 0.0633. The van der Waals surface area contributed by atoms with E-state index in [-0.39, 0.29) is 11.0 Å². The molecule has 0 aromatic heterocycles. The molecule has 3 nitrogen and oxygen atoms in total. The van der Waals surface area contributed by atoms with Crippen molar-refractivity contribution in [1.29, 1.82) is 0 Å². The van der Waals surface area contributed by atoms with Gasteiger partial charge in [0.05, 0.1) is 6.10 Å². The second-order valence-corrected chi connectivity index (χ2v) is 8.25. The van der Waals surface area contributed by atoms with Gasteiger partial charge in [-0.15, -0.1) is 0 Å². The molecule has 3 aliphatic rings. The number of fused-ring (bicyclic) bond motifs is 1. The van der Waals surface area contributed by atoms with E-state index >= 15 is 0 Å². The second-order valence-electron chi connectivity index (χ2n) is 8.25. The maximum absolute atomic E-state index is 6.83. The summed E-state index contributed by atoms with van der Waals surface area (Å²) >= 11 is 0. The van der Waals surface area contributed by atoms with Gasteiger partial charge in [0.15, 0.2) is 0 Å². The fourth-order valence-corrected chi connectivity index (χ4v) is 5.06. The zero-order valence-electron chi connectivity index (χ0n) is 14.2. The number of rotatable bonds is 4. The Labute approximate surface area is 130 Å². The molecule has 3 rings (SSSR count). The third-order valence-electron chi connectivity index (χ3n) is 6.85. The summed E-state index contributed by atoms with van der Waals surface area (Å²) in [6.45, 7) is 9.83. The lowest BCUT2D eigenvalue weighted by Gasteiger charge is -2.61. The van der Waals surface area contributed by atoms with Crippen molar-refractivity contribution < 1.29 is 4.74 Å². The average Bonchev–Trinajstić information content (AvgIpc) is 2.47. The summed E-state index contributed by atoms with van der Waals surface area (Å²) in [6.07, 6.45) is 9.90. The molecule has 21 heavy (non-hydrogen) atoms. The summed E-state index contributed by atoms with van der Waals surface area (Å²) in [5.41, 5.74) is 6.87. The van der Waals surface area contributed by atoms with Crippen LogP contribution in [0.3, 0.4) is 0 Å². The Kier molecular flexibility index (Phi) is 4.37. The summed E-state index contributed by atoms with van der Waals surface area (Å²) in [6, 6.07) is 0.815. The molecule has 4 atom stereocenters. The first-order chi connectivity index (χ1) is 9.98. The number of nitrogens with zero attached hydrogens (tertiary/aromatic N) is 1. The van der Waals surface area contributed by atoms with Gasteiger partial charge in [0.2, 0.25) is 0 Å². The molecular formula is C18H34N2O. The number of piperidine rings is 1. The Bertz CT molecular complexity index is 368. The van der Waals surface area contributed by atoms with Crippen molar-refractivity contribution in [2.24, 2.45) is 17.1 Å². The summed E-state index contributed by atoms with van der Waals surface area (Å²) in [4.78, 5) is 2.75. The van der Waals surface area contributed by atoms with Gasteiger partial charge in [-0.05, 0) is 51.5 Å². The lowest BCUT2D eigenvalue weighted by molar-refractivity contribution is -0.161. The molecule has 1 saturated heterocycles. The van der Waals surface area contributed by atoms with Crippen LogP contribution in [-0.2, 0) is 4.74 Å². The van der Waals surface area contributed by atoms with Crippen LogP contribution in [0.2, 0.25) is 0 Å². The Balaban J connectivity index is 1.65. The highest BCUT2D eigenvalue weighted by molar-refractivity contribution is 5.15. The summed E-state index contributed by atoms with van der Waals surface area (Å²) in [5, 5.41) is 0. The molecule has 3 fully saturated rings. The third-order valence-corrected chi connectivity index (χ3v) is 6.85. The van der Waals surface area contributed by atoms with E-state index in [2.05, 4.69) is 25.7 Å². The fourth-order valence-electron chi connectivity index (χ4n) is 5.06. The molecule has 2 aliphatic carbocycles. The fraction of sp³-hybridized carbons (Fsp3) is 1.00. The molecule has 0 radical (unpaired) electrons. The lowest BCUT2D eigenvalue weighted by Crippen LogP contribution is -2.74. The molecule has 0 spiro atoms. The maximum Gasteiger partial charge on any atom is 0.0662 e. The van der Waals surface area contributed by atoms with Crippen molar-refractivity contribution >= 4 is 0 Å². The molecular weight excluding hydrogens is 260 g/mol. The molecule has 1 aliphatic heterocycles. The van der Waals surface area contributed by atoms with Crippen molar-refractivity contribution in [2.75, 3.05) is 19.7 Å². The van der Waals surface area contributed by atoms with E-state index in [0.717, 1.165) is 31.5 Å². The van der Waals surface area contributed by atoms with E-state index in [4.69, 9.17) is 10.5 Å². The molecule has 3 heteroatoms. The molecule has 0 amide bonds. The van der Waals surface area contributed by atoms with Gasteiger partial charge in [-0.3, -0.25) is 4.90 Å². The summed E-state index contributed by atoms with van der Waals surface area (Å²) in [5.74, 6) is 0.946. The molecule has 122 valence electrons. The Hall–Kier alpha value is -0.120. The Morgan fingerprint density at radius 1 is 1.14 bits per heavy atom.